The van der Waals surface area contributed by atoms with Gasteiger partial charge < -0.3 is 9.63 Å². The second kappa shape index (κ2) is 7.19. The molecule has 0 aliphatic carbocycles. The fourth-order valence-electron chi connectivity index (χ4n) is 2.67. The van der Waals surface area contributed by atoms with E-state index < -0.39 is 0 Å². The van der Waals surface area contributed by atoms with E-state index in [-0.39, 0.29) is 12.4 Å². The van der Waals surface area contributed by atoms with E-state index in [1.54, 1.807) is 28.3 Å². The fraction of sp³-hybridized carbons (Fsp3) is 0.167. The number of aliphatic hydroxyl groups is 1. The van der Waals surface area contributed by atoms with Gasteiger partial charge in [0.2, 0.25) is 5.89 Å². The fourth-order valence-corrected chi connectivity index (χ4v) is 3.42. The number of hydrogen-bond donors (Lipinski definition) is 1. The molecular formula is C18H15FN4O2S. The lowest BCUT2D eigenvalue weighted by atomic mass is 10.1. The first-order chi connectivity index (χ1) is 12.7. The van der Waals surface area contributed by atoms with Gasteiger partial charge in [0.15, 0.2) is 5.82 Å². The molecule has 1 aromatic carbocycles. The van der Waals surface area contributed by atoms with Crippen molar-refractivity contribution in [2.75, 3.05) is 0 Å². The van der Waals surface area contributed by atoms with Crippen LogP contribution in [-0.2, 0) is 19.6 Å². The van der Waals surface area contributed by atoms with E-state index in [4.69, 9.17) is 4.52 Å². The van der Waals surface area contributed by atoms with Gasteiger partial charge in [0.1, 0.15) is 18.1 Å². The van der Waals surface area contributed by atoms with Gasteiger partial charge in [-0.25, -0.2) is 4.39 Å². The van der Waals surface area contributed by atoms with E-state index in [1.807, 2.05) is 23.6 Å². The van der Waals surface area contributed by atoms with E-state index >= 15 is 0 Å². The number of halogens is 1. The summed E-state index contributed by atoms with van der Waals surface area (Å²) in [5, 5.41) is 20.0. The van der Waals surface area contributed by atoms with Crippen LogP contribution in [0.2, 0.25) is 0 Å². The summed E-state index contributed by atoms with van der Waals surface area (Å²) in [7, 11) is 0. The highest BCUT2D eigenvalue weighted by atomic mass is 32.1. The zero-order valence-electron chi connectivity index (χ0n) is 13.7. The van der Waals surface area contributed by atoms with E-state index in [9.17, 15) is 9.50 Å². The number of thiophene rings is 1. The van der Waals surface area contributed by atoms with Crippen LogP contribution in [0.3, 0.4) is 0 Å². The third-order valence-corrected chi connectivity index (χ3v) is 4.70. The zero-order valence-corrected chi connectivity index (χ0v) is 14.5. The number of aliphatic hydroxyl groups excluding tert-OH is 1. The first kappa shape index (κ1) is 16.6. The van der Waals surface area contributed by atoms with E-state index in [2.05, 4.69) is 15.2 Å². The van der Waals surface area contributed by atoms with Crippen LogP contribution in [0.5, 0.6) is 0 Å². The van der Waals surface area contributed by atoms with Gasteiger partial charge in [0.25, 0.3) is 0 Å². The molecule has 0 unspecified atom stereocenters. The number of aromatic nitrogens is 4. The largest absolute Gasteiger partial charge is 0.392 e. The van der Waals surface area contributed by atoms with Crippen molar-refractivity contribution < 1.29 is 14.0 Å². The highest BCUT2D eigenvalue weighted by molar-refractivity contribution is 7.13. The molecule has 0 saturated carbocycles. The van der Waals surface area contributed by atoms with Crippen molar-refractivity contribution in [1.29, 1.82) is 0 Å². The lowest BCUT2D eigenvalue weighted by Gasteiger charge is -1.96. The molecule has 4 aromatic rings. The summed E-state index contributed by atoms with van der Waals surface area (Å²) in [5.41, 5.74) is 2.27. The minimum atomic E-state index is -0.291. The molecule has 3 heterocycles. The minimum Gasteiger partial charge on any atom is -0.392 e. The highest BCUT2D eigenvalue weighted by Crippen LogP contribution is 2.26. The van der Waals surface area contributed by atoms with Crippen molar-refractivity contribution >= 4 is 11.3 Å². The average molecular weight is 370 g/mol. The summed E-state index contributed by atoms with van der Waals surface area (Å²) in [4.78, 5) is 5.33. The molecule has 0 saturated heterocycles. The maximum absolute atomic E-state index is 13.3. The molecule has 4 rings (SSSR count). The summed E-state index contributed by atoms with van der Waals surface area (Å²) in [5.74, 6) is 0.597. The molecule has 6 nitrogen and oxygen atoms in total. The van der Waals surface area contributed by atoms with Crippen molar-refractivity contribution in [2.45, 2.75) is 19.6 Å². The summed E-state index contributed by atoms with van der Waals surface area (Å²) < 4.78 is 20.2. The van der Waals surface area contributed by atoms with Gasteiger partial charge in [-0.05, 0) is 29.1 Å². The Morgan fingerprint density at radius 2 is 2.15 bits per heavy atom. The Morgan fingerprint density at radius 1 is 1.23 bits per heavy atom. The Balaban J connectivity index is 1.51. The van der Waals surface area contributed by atoms with Gasteiger partial charge in [0, 0.05) is 18.2 Å². The first-order valence-corrected chi connectivity index (χ1v) is 8.86. The van der Waals surface area contributed by atoms with Crippen molar-refractivity contribution in [3.63, 3.8) is 0 Å². The van der Waals surface area contributed by atoms with Crippen LogP contribution in [0.4, 0.5) is 4.39 Å². The standard InChI is InChI=1S/C18H15FN4O2S/c19-14-4-1-3-12(7-14)8-16-20-17(25-22-16)10-23-9-13(11-24)18(21-23)15-5-2-6-26-15/h1-7,9,24H,8,10-11H2. The summed E-state index contributed by atoms with van der Waals surface area (Å²) in [6.45, 7) is 0.205. The van der Waals surface area contributed by atoms with Crippen LogP contribution in [0.1, 0.15) is 22.8 Å². The topological polar surface area (TPSA) is 77.0 Å². The molecular weight excluding hydrogens is 355 g/mol. The maximum Gasteiger partial charge on any atom is 0.248 e. The van der Waals surface area contributed by atoms with E-state index in [0.29, 0.717) is 24.7 Å². The quantitative estimate of drug-likeness (QED) is 0.564. The summed E-state index contributed by atoms with van der Waals surface area (Å²) in [6.07, 6.45) is 2.16. The minimum absolute atomic E-state index is 0.0953. The van der Waals surface area contributed by atoms with Gasteiger partial charge in [-0.2, -0.15) is 10.1 Å². The maximum atomic E-state index is 13.3. The molecule has 0 aliphatic heterocycles. The van der Waals surface area contributed by atoms with Crippen LogP contribution >= 0.6 is 11.3 Å². The first-order valence-electron chi connectivity index (χ1n) is 7.98. The van der Waals surface area contributed by atoms with Gasteiger partial charge in [-0.1, -0.05) is 23.4 Å². The molecule has 8 heteroatoms. The molecule has 0 amide bonds. The summed E-state index contributed by atoms with van der Waals surface area (Å²) in [6, 6.07) is 10.2. The number of nitrogens with zero attached hydrogens (tertiary/aromatic N) is 4. The molecule has 0 spiro atoms. The van der Waals surface area contributed by atoms with Crippen LogP contribution in [0, 0.1) is 5.82 Å². The molecule has 0 aliphatic rings. The predicted octanol–water partition coefficient (Wildman–Crippen LogP) is 3.27. The molecule has 1 N–H and O–H groups in total. The Bertz CT molecular complexity index is 1010. The van der Waals surface area contributed by atoms with Crippen LogP contribution < -0.4 is 0 Å². The molecule has 3 aromatic heterocycles. The predicted molar refractivity (Wildman–Crippen MR) is 94.1 cm³/mol. The van der Waals surface area contributed by atoms with Crippen LogP contribution in [-0.4, -0.2) is 25.0 Å². The van der Waals surface area contributed by atoms with Crippen LogP contribution in [0.15, 0.2) is 52.5 Å². The van der Waals surface area contributed by atoms with E-state index in [1.165, 1.54) is 12.1 Å². The smallest absolute Gasteiger partial charge is 0.248 e. The third-order valence-electron chi connectivity index (χ3n) is 3.82. The average Bonchev–Trinajstić information content (AvgIpc) is 3.36. The van der Waals surface area contributed by atoms with Crippen LogP contribution in [0.25, 0.3) is 10.6 Å². The molecule has 0 fully saturated rings. The normalized spacial score (nSPS) is 11.2. The van der Waals surface area contributed by atoms with Gasteiger partial charge in [-0.15, -0.1) is 11.3 Å². The van der Waals surface area contributed by atoms with Crippen molar-refractivity contribution in [1.82, 2.24) is 19.9 Å². The van der Waals surface area contributed by atoms with Crippen molar-refractivity contribution in [2.24, 2.45) is 0 Å². The molecule has 0 bridgehead atoms. The molecule has 0 radical (unpaired) electrons. The van der Waals surface area contributed by atoms with E-state index in [0.717, 1.165) is 21.7 Å². The monoisotopic (exact) mass is 370 g/mol. The Hall–Kier alpha value is -2.84. The Morgan fingerprint density at radius 3 is 2.92 bits per heavy atom. The Kier molecular flexibility index (Phi) is 4.59. The lowest BCUT2D eigenvalue weighted by Crippen LogP contribution is -2.01. The molecule has 0 atom stereocenters. The molecule has 26 heavy (non-hydrogen) atoms. The van der Waals surface area contributed by atoms with Gasteiger partial charge in [0.05, 0.1) is 11.5 Å². The zero-order chi connectivity index (χ0) is 17.9. The number of rotatable bonds is 6. The highest BCUT2D eigenvalue weighted by Gasteiger charge is 2.14. The molecule has 132 valence electrons. The number of hydrogen-bond acceptors (Lipinski definition) is 6. The second-order valence-corrected chi connectivity index (χ2v) is 6.69. The third kappa shape index (κ3) is 3.56. The Labute approximate surface area is 152 Å². The van der Waals surface area contributed by atoms with Crippen molar-refractivity contribution in [3.05, 3.63) is 76.6 Å². The number of benzene rings is 1. The van der Waals surface area contributed by atoms with Gasteiger partial charge >= 0.3 is 0 Å². The summed E-state index contributed by atoms with van der Waals surface area (Å²) >= 11 is 1.56. The van der Waals surface area contributed by atoms with Gasteiger partial charge in [-0.3, -0.25) is 4.68 Å². The second-order valence-electron chi connectivity index (χ2n) is 5.75. The van der Waals surface area contributed by atoms with Crippen molar-refractivity contribution in [3.8, 4) is 10.6 Å². The SMILES string of the molecule is OCc1cn(Cc2nc(Cc3cccc(F)c3)no2)nc1-c1cccs1. The lowest BCUT2D eigenvalue weighted by molar-refractivity contribution is 0.282.